The van der Waals surface area contributed by atoms with Crippen molar-refractivity contribution in [2.75, 3.05) is 13.2 Å². The number of fused-ring (bicyclic) bond motifs is 3. The second-order valence-electron chi connectivity index (χ2n) is 8.27. The molecule has 1 aliphatic rings. The molecule has 5 aromatic rings. The Hall–Kier alpha value is -3.58. The Kier molecular flexibility index (Phi) is 4.33. The fraction of sp³-hybridized carbons (Fsp3) is 0.200. The maximum atomic E-state index is 13.3. The van der Waals surface area contributed by atoms with Crippen LogP contribution in [0.1, 0.15) is 28.2 Å². The standard InChI is InChI=1S/C25H22N4O2S.H2/c1-14-9-21-24(32-14)12-22(28-21)25(30)29-7-8-31-23-6-4-16(10-18(23)13-29)17-3-5-19-20(11-17)27-15(2)26-19;/h3-6,9-12,28H,7-8,13H2,1-2H3,(H,26,27);1H. The molecule has 0 unspecified atom stereocenters. The molecule has 0 spiro atoms. The van der Waals surface area contributed by atoms with E-state index in [-0.39, 0.29) is 7.33 Å². The van der Waals surface area contributed by atoms with Gasteiger partial charge in [-0.25, -0.2) is 4.98 Å². The number of hydrogen-bond donors (Lipinski definition) is 2. The van der Waals surface area contributed by atoms with Crippen molar-refractivity contribution in [3.63, 3.8) is 0 Å². The van der Waals surface area contributed by atoms with Crippen molar-refractivity contribution in [1.29, 1.82) is 0 Å². The van der Waals surface area contributed by atoms with Crippen LogP contribution in [0.3, 0.4) is 0 Å². The summed E-state index contributed by atoms with van der Waals surface area (Å²) in [6, 6.07) is 16.5. The number of thiophene rings is 1. The summed E-state index contributed by atoms with van der Waals surface area (Å²) in [6.45, 7) is 5.57. The molecule has 4 heterocycles. The minimum atomic E-state index is 0. The van der Waals surface area contributed by atoms with E-state index in [1.807, 2.05) is 30.0 Å². The van der Waals surface area contributed by atoms with Crippen LogP contribution in [0.4, 0.5) is 0 Å². The van der Waals surface area contributed by atoms with E-state index in [1.165, 1.54) is 4.88 Å². The Morgan fingerprint density at radius 2 is 1.91 bits per heavy atom. The molecule has 0 bridgehead atoms. The van der Waals surface area contributed by atoms with Crippen molar-refractivity contribution in [2.45, 2.75) is 20.4 Å². The van der Waals surface area contributed by atoms with Crippen molar-refractivity contribution in [2.24, 2.45) is 0 Å². The number of nitrogens with zero attached hydrogens (tertiary/aromatic N) is 2. The summed E-state index contributed by atoms with van der Waals surface area (Å²) in [5.41, 5.74) is 6.84. The summed E-state index contributed by atoms with van der Waals surface area (Å²) >= 11 is 1.70. The number of aromatic nitrogens is 3. The first kappa shape index (κ1) is 19.1. The first-order valence-electron chi connectivity index (χ1n) is 10.6. The summed E-state index contributed by atoms with van der Waals surface area (Å²) in [6.07, 6.45) is 0. The Labute approximate surface area is 190 Å². The van der Waals surface area contributed by atoms with E-state index >= 15 is 0 Å². The molecule has 7 heteroatoms. The van der Waals surface area contributed by atoms with E-state index < -0.39 is 0 Å². The molecule has 2 aromatic carbocycles. The number of benzene rings is 2. The zero-order valence-corrected chi connectivity index (χ0v) is 18.7. The maximum Gasteiger partial charge on any atom is 0.270 e. The molecule has 0 saturated heterocycles. The van der Waals surface area contributed by atoms with Crippen LogP contribution in [-0.4, -0.2) is 38.9 Å². The zero-order valence-electron chi connectivity index (χ0n) is 17.9. The van der Waals surface area contributed by atoms with Crippen LogP contribution < -0.4 is 4.74 Å². The lowest BCUT2D eigenvalue weighted by Crippen LogP contribution is -2.32. The van der Waals surface area contributed by atoms with Gasteiger partial charge in [-0.15, -0.1) is 11.3 Å². The van der Waals surface area contributed by atoms with Crippen molar-refractivity contribution in [1.82, 2.24) is 19.9 Å². The SMILES string of the molecule is Cc1nc2ccc(-c3ccc4c(c3)CN(C(=O)c3cc5sc(C)cc5[nH]3)CCO4)cc2[nH]1.[HH]. The quantitative estimate of drug-likeness (QED) is 0.368. The van der Waals surface area contributed by atoms with Crippen molar-refractivity contribution in [3.8, 4) is 16.9 Å². The normalized spacial score (nSPS) is 13.9. The van der Waals surface area contributed by atoms with E-state index in [0.717, 1.165) is 49.5 Å². The summed E-state index contributed by atoms with van der Waals surface area (Å²) in [4.78, 5) is 27.4. The summed E-state index contributed by atoms with van der Waals surface area (Å²) in [5.74, 6) is 1.74. The number of carbonyl (C=O) groups excluding carboxylic acids is 1. The van der Waals surface area contributed by atoms with Gasteiger partial charge in [-0.3, -0.25) is 4.79 Å². The van der Waals surface area contributed by atoms with E-state index in [9.17, 15) is 4.79 Å². The highest BCUT2D eigenvalue weighted by molar-refractivity contribution is 7.19. The first-order chi connectivity index (χ1) is 15.5. The Balaban J connectivity index is 0.00000228. The van der Waals surface area contributed by atoms with E-state index in [1.54, 1.807) is 11.3 Å². The van der Waals surface area contributed by atoms with Gasteiger partial charge in [0, 0.05) is 18.4 Å². The Morgan fingerprint density at radius 3 is 2.78 bits per heavy atom. The molecule has 3 aromatic heterocycles. The van der Waals surface area contributed by atoms with Crippen molar-refractivity contribution < 1.29 is 11.0 Å². The molecule has 0 aliphatic carbocycles. The third-order valence-electron chi connectivity index (χ3n) is 5.92. The number of imidazole rings is 1. The largest absolute Gasteiger partial charge is 0.491 e. The van der Waals surface area contributed by atoms with Gasteiger partial charge >= 0.3 is 0 Å². The second kappa shape index (κ2) is 7.24. The van der Waals surface area contributed by atoms with E-state index in [4.69, 9.17) is 4.74 Å². The van der Waals surface area contributed by atoms with Gasteiger partial charge in [-0.05, 0) is 61.4 Å². The number of aromatic amines is 2. The van der Waals surface area contributed by atoms with Gasteiger partial charge in [-0.1, -0.05) is 12.1 Å². The number of carbonyl (C=O) groups is 1. The lowest BCUT2D eigenvalue weighted by atomic mass is 10.0. The summed E-state index contributed by atoms with van der Waals surface area (Å²) < 4.78 is 7.09. The monoisotopic (exact) mass is 444 g/mol. The van der Waals surface area contributed by atoms with Crippen molar-refractivity contribution in [3.05, 3.63) is 70.5 Å². The second-order valence-corrected chi connectivity index (χ2v) is 9.56. The predicted molar refractivity (Wildman–Crippen MR) is 130 cm³/mol. The molecule has 0 fully saturated rings. The molecular formula is C25H24N4O2S. The number of amides is 1. The number of nitrogens with one attached hydrogen (secondary N) is 2. The van der Waals surface area contributed by atoms with Crippen LogP contribution in [0.25, 0.3) is 32.4 Å². The highest BCUT2D eigenvalue weighted by Gasteiger charge is 2.23. The van der Waals surface area contributed by atoms with Crippen LogP contribution in [0, 0.1) is 13.8 Å². The van der Waals surface area contributed by atoms with Crippen LogP contribution >= 0.6 is 11.3 Å². The molecule has 1 aliphatic heterocycles. The third kappa shape index (κ3) is 3.26. The first-order valence-corrected chi connectivity index (χ1v) is 11.5. The molecule has 32 heavy (non-hydrogen) atoms. The lowest BCUT2D eigenvalue weighted by Gasteiger charge is -2.19. The van der Waals surface area contributed by atoms with Crippen LogP contribution in [0.15, 0.2) is 48.5 Å². The zero-order chi connectivity index (χ0) is 21.8. The van der Waals surface area contributed by atoms with Crippen molar-refractivity contribution >= 4 is 38.5 Å². The average Bonchev–Trinajstić information content (AvgIpc) is 3.38. The van der Waals surface area contributed by atoms with Gasteiger partial charge in [0.05, 0.1) is 27.8 Å². The van der Waals surface area contributed by atoms with Gasteiger partial charge in [0.2, 0.25) is 0 Å². The van der Waals surface area contributed by atoms with Crippen LogP contribution in [0.5, 0.6) is 5.75 Å². The lowest BCUT2D eigenvalue weighted by molar-refractivity contribution is 0.0728. The number of H-pyrrole nitrogens is 2. The number of aryl methyl sites for hydroxylation is 2. The fourth-order valence-corrected chi connectivity index (χ4v) is 5.32. The fourth-order valence-electron chi connectivity index (χ4n) is 4.40. The van der Waals surface area contributed by atoms with Gasteiger partial charge < -0.3 is 19.6 Å². The average molecular weight is 445 g/mol. The Morgan fingerprint density at radius 1 is 1.06 bits per heavy atom. The molecule has 6 nitrogen and oxygen atoms in total. The predicted octanol–water partition coefficient (Wildman–Crippen LogP) is 5.67. The number of ether oxygens (including phenoxy) is 1. The third-order valence-corrected chi connectivity index (χ3v) is 6.92. The maximum absolute atomic E-state index is 13.3. The van der Waals surface area contributed by atoms with E-state index in [0.29, 0.717) is 25.4 Å². The smallest absolute Gasteiger partial charge is 0.270 e. The van der Waals surface area contributed by atoms with Gasteiger partial charge in [-0.2, -0.15) is 0 Å². The summed E-state index contributed by atoms with van der Waals surface area (Å²) in [7, 11) is 0. The molecule has 0 radical (unpaired) electrons. The number of rotatable bonds is 2. The minimum absolute atomic E-state index is 0. The Bertz CT molecular complexity index is 1470. The molecule has 0 saturated carbocycles. The van der Waals surface area contributed by atoms with Gasteiger partial charge in [0.25, 0.3) is 5.91 Å². The van der Waals surface area contributed by atoms with Crippen LogP contribution in [0.2, 0.25) is 0 Å². The molecule has 162 valence electrons. The minimum Gasteiger partial charge on any atom is -0.491 e. The summed E-state index contributed by atoms with van der Waals surface area (Å²) in [5, 5.41) is 0. The molecule has 1 amide bonds. The molecule has 6 rings (SSSR count). The molecule has 0 atom stereocenters. The highest BCUT2D eigenvalue weighted by Crippen LogP contribution is 2.32. The highest BCUT2D eigenvalue weighted by atomic mass is 32.1. The van der Waals surface area contributed by atoms with E-state index in [2.05, 4.69) is 52.2 Å². The molecular weight excluding hydrogens is 420 g/mol. The van der Waals surface area contributed by atoms with Crippen LogP contribution in [-0.2, 0) is 6.54 Å². The van der Waals surface area contributed by atoms with Gasteiger partial charge in [0.1, 0.15) is 23.9 Å². The van der Waals surface area contributed by atoms with Gasteiger partial charge in [0.15, 0.2) is 0 Å². The molecule has 2 N–H and O–H groups in total. The topological polar surface area (TPSA) is 74.0 Å². The number of hydrogen-bond acceptors (Lipinski definition) is 4.